The molecule has 1 aliphatic rings. The lowest BCUT2D eigenvalue weighted by molar-refractivity contribution is -0.0182. The van der Waals surface area contributed by atoms with Crippen LogP contribution in [0.1, 0.15) is 25.6 Å². The predicted octanol–water partition coefficient (Wildman–Crippen LogP) is 3.16. The molecule has 1 unspecified atom stereocenters. The standard InChI is InChI=1S/C14H17ClN2O5/c1-3-20-13(18)16-9-22-12(17(16)14(19)21-4-2)10-5-7-11(15)8-6-10/h5-8,12H,3-4,9H2,1-2H3. The number of rotatable bonds is 3. The number of halogens is 1. The zero-order valence-corrected chi connectivity index (χ0v) is 13.1. The topological polar surface area (TPSA) is 68.3 Å². The number of hydrogen-bond acceptors (Lipinski definition) is 5. The first-order chi connectivity index (χ1) is 10.6. The quantitative estimate of drug-likeness (QED) is 0.852. The molecule has 0 aromatic heterocycles. The maximum Gasteiger partial charge on any atom is 0.431 e. The van der Waals surface area contributed by atoms with E-state index < -0.39 is 18.4 Å². The highest BCUT2D eigenvalue weighted by Crippen LogP contribution is 2.31. The Labute approximate surface area is 133 Å². The molecule has 1 atom stereocenters. The lowest BCUT2D eigenvalue weighted by atomic mass is 10.2. The molecule has 2 amide bonds. The number of carbonyl (C=O) groups is 2. The Hall–Kier alpha value is -1.99. The zero-order chi connectivity index (χ0) is 16.1. The molecule has 22 heavy (non-hydrogen) atoms. The maximum atomic E-state index is 12.2. The molecule has 0 radical (unpaired) electrons. The number of ether oxygens (including phenoxy) is 3. The van der Waals surface area contributed by atoms with E-state index in [0.29, 0.717) is 10.6 Å². The molecule has 1 aromatic rings. The third-order valence-corrected chi connectivity index (χ3v) is 3.18. The van der Waals surface area contributed by atoms with E-state index in [4.69, 9.17) is 25.8 Å². The van der Waals surface area contributed by atoms with Crippen LogP contribution in [-0.4, -0.2) is 42.1 Å². The molecule has 0 bridgehead atoms. The van der Waals surface area contributed by atoms with Crippen LogP contribution in [0, 0.1) is 0 Å². The van der Waals surface area contributed by atoms with Gasteiger partial charge in [0.25, 0.3) is 0 Å². The van der Waals surface area contributed by atoms with Gasteiger partial charge >= 0.3 is 12.2 Å². The van der Waals surface area contributed by atoms with Crippen LogP contribution in [0.4, 0.5) is 9.59 Å². The van der Waals surface area contributed by atoms with Crippen molar-refractivity contribution in [2.75, 3.05) is 19.9 Å². The number of hydrogen-bond donors (Lipinski definition) is 0. The van der Waals surface area contributed by atoms with Crippen molar-refractivity contribution in [3.8, 4) is 0 Å². The summed E-state index contributed by atoms with van der Waals surface area (Å²) in [5.41, 5.74) is 0.671. The van der Waals surface area contributed by atoms with E-state index in [0.717, 1.165) is 10.0 Å². The number of benzene rings is 1. The minimum atomic E-state index is -0.777. The largest absolute Gasteiger partial charge is 0.448 e. The second-order valence-electron chi connectivity index (χ2n) is 4.34. The third kappa shape index (κ3) is 3.42. The van der Waals surface area contributed by atoms with E-state index in [1.54, 1.807) is 38.1 Å². The van der Waals surface area contributed by atoms with Crippen molar-refractivity contribution in [1.29, 1.82) is 0 Å². The van der Waals surface area contributed by atoms with Gasteiger partial charge in [0.2, 0.25) is 0 Å². The van der Waals surface area contributed by atoms with E-state index in [9.17, 15) is 9.59 Å². The van der Waals surface area contributed by atoms with Crippen LogP contribution in [0.25, 0.3) is 0 Å². The molecular weight excluding hydrogens is 312 g/mol. The van der Waals surface area contributed by atoms with Crippen molar-refractivity contribution in [1.82, 2.24) is 10.0 Å². The van der Waals surface area contributed by atoms with Crippen molar-refractivity contribution in [3.63, 3.8) is 0 Å². The van der Waals surface area contributed by atoms with Crippen LogP contribution in [-0.2, 0) is 14.2 Å². The summed E-state index contributed by atoms with van der Waals surface area (Å²) < 4.78 is 15.5. The van der Waals surface area contributed by atoms with Gasteiger partial charge in [-0.25, -0.2) is 9.59 Å². The fourth-order valence-corrected chi connectivity index (χ4v) is 2.11. The van der Waals surface area contributed by atoms with Crippen LogP contribution < -0.4 is 0 Å². The normalized spacial score (nSPS) is 17.5. The Balaban J connectivity index is 2.26. The second kappa shape index (κ2) is 7.33. The van der Waals surface area contributed by atoms with Gasteiger partial charge in [-0.1, -0.05) is 23.7 Å². The molecule has 1 aromatic carbocycles. The highest BCUT2D eigenvalue weighted by molar-refractivity contribution is 6.30. The zero-order valence-electron chi connectivity index (χ0n) is 12.3. The van der Waals surface area contributed by atoms with Crippen LogP contribution >= 0.6 is 11.6 Å². The number of nitrogens with zero attached hydrogens (tertiary/aromatic N) is 2. The molecule has 1 heterocycles. The summed E-state index contributed by atoms with van der Waals surface area (Å²) in [6.45, 7) is 3.63. The SMILES string of the molecule is CCOC(=O)N1COC(c2ccc(Cl)cc2)N1C(=O)OCC. The minimum Gasteiger partial charge on any atom is -0.448 e. The smallest absolute Gasteiger partial charge is 0.431 e. The van der Waals surface area contributed by atoms with Crippen LogP contribution in [0.15, 0.2) is 24.3 Å². The molecule has 0 spiro atoms. The summed E-state index contributed by atoms with van der Waals surface area (Å²) in [5, 5.41) is 2.73. The number of amides is 2. The van der Waals surface area contributed by atoms with Gasteiger partial charge in [0.05, 0.1) is 13.2 Å². The second-order valence-corrected chi connectivity index (χ2v) is 4.78. The molecular formula is C14H17ClN2O5. The molecule has 8 heteroatoms. The van der Waals surface area contributed by atoms with Crippen molar-refractivity contribution in [2.45, 2.75) is 20.1 Å². The third-order valence-electron chi connectivity index (χ3n) is 2.93. The molecule has 0 saturated carbocycles. The van der Waals surface area contributed by atoms with Gasteiger partial charge < -0.3 is 14.2 Å². The van der Waals surface area contributed by atoms with Gasteiger partial charge in [0, 0.05) is 10.6 Å². The maximum absolute atomic E-state index is 12.2. The fraction of sp³-hybridized carbons (Fsp3) is 0.429. The van der Waals surface area contributed by atoms with Crippen molar-refractivity contribution >= 4 is 23.8 Å². The fourth-order valence-electron chi connectivity index (χ4n) is 1.99. The monoisotopic (exact) mass is 328 g/mol. The Morgan fingerprint density at radius 1 is 1.18 bits per heavy atom. The Kier molecular flexibility index (Phi) is 5.46. The Bertz CT molecular complexity index is 537. The first kappa shape index (κ1) is 16.4. The summed E-state index contributed by atoms with van der Waals surface area (Å²) in [4.78, 5) is 24.1. The molecule has 2 rings (SSSR count). The van der Waals surface area contributed by atoms with Crippen LogP contribution in [0.3, 0.4) is 0 Å². The van der Waals surface area contributed by atoms with Crippen LogP contribution in [0.2, 0.25) is 5.02 Å². The van der Waals surface area contributed by atoms with Gasteiger partial charge in [-0.2, -0.15) is 10.0 Å². The number of hydrazine groups is 1. The summed E-state index contributed by atoms with van der Waals surface area (Å²) in [5.74, 6) is 0. The summed E-state index contributed by atoms with van der Waals surface area (Å²) in [7, 11) is 0. The molecule has 1 saturated heterocycles. The molecule has 120 valence electrons. The predicted molar refractivity (Wildman–Crippen MR) is 77.9 cm³/mol. The molecule has 0 N–H and O–H groups in total. The minimum absolute atomic E-state index is 0.106. The average molecular weight is 329 g/mol. The Morgan fingerprint density at radius 3 is 2.36 bits per heavy atom. The average Bonchev–Trinajstić information content (AvgIpc) is 2.93. The van der Waals surface area contributed by atoms with Gasteiger partial charge in [-0.15, -0.1) is 0 Å². The van der Waals surface area contributed by atoms with Gasteiger partial charge in [0.15, 0.2) is 6.23 Å². The highest BCUT2D eigenvalue weighted by Gasteiger charge is 2.42. The first-order valence-electron chi connectivity index (χ1n) is 6.85. The van der Waals surface area contributed by atoms with E-state index in [1.165, 1.54) is 0 Å². The highest BCUT2D eigenvalue weighted by atomic mass is 35.5. The van der Waals surface area contributed by atoms with Gasteiger partial charge in [0.1, 0.15) is 6.73 Å². The Morgan fingerprint density at radius 2 is 1.77 bits per heavy atom. The molecule has 0 aliphatic carbocycles. The van der Waals surface area contributed by atoms with Crippen LogP contribution in [0.5, 0.6) is 0 Å². The lowest BCUT2D eigenvalue weighted by Crippen LogP contribution is -2.46. The van der Waals surface area contributed by atoms with E-state index in [-0.39, 0.29) is 19.9 Å². The molecule has 1 aliphatic heterocycles. The van der Waals surface area contributed by atoms with Crippen molar-refractivity contribution < 1.29 is 23.8 Å². The van der Waals surface area contributed by atoms with E-state index in [1.807, 2.05) is 0 Å². The summed E-state index contributed by atoms with van der Waals surface area (Å²) in [6.07, 6.45) is -2.14. The van der Waals surface area contributed by atoms with Gasteiger partial charge in [-0.05, 0) is 26.0 Å². The number of carbonyl (C=O) groups excluding carboxylic acids is 2. The summed E-state index contributed by atoms with van der Waals surface area (Å²) in [6, 6.07) is 6.79. The van der Waals surface area contributed by atoms with Gasteiger partial charge in [-0.3, -0.25) is 0 Å². The van der Waals surface area contributed by atoms with E-state index >= 15 is 0 Å². The summed E-state index contributed by atoms with van der Waals surface area (Å²) >= 11 is 5.86. The van der Waals surface area contributed by atoms with Crippen molar-refractivity contribution in [3.05, 3.63) is 34.9 Å². The van der Waals surface area contributed by atoms with Crippen molar-refractivity contribution in [2.24, 2.45) is 0 Å². The first-order valence-corrected chi connectivity index (χ1v) is 7.23. The molecule has 1 fully saturated rings. The van der Waals surface area contributed by atoms with E-state index in [2.05, 4.69) is 0 Å². The lowest BCUT2D eigenvalue weighted by Gasteiger charge is -2.27. The molecule has 7 nitrogen and oxygen atoms in total.